The van der Waals surface area contributed by atoms with Crippen LogP contribution >= 0.6 is 0 Å². The molecule has 2 atom stereocenters. The molecule has 0 aliphatic heterocycles. The summed E-state index contributed by atoms with van der Waals surface area (Å²) < 4.78 is 160. The maximum atomic E-state index is 15.2. The maximum absolute atomic E-state index is 15.2. The van der Waals surface area contributed by atoms with Crippen molar-refractivity contribution >= 4 is 39.1 Å². The van der Waals surface area contributed by atoms with Gasteiger partial charge < -0.3 is 31.3 Å². The third-order valence-electron chi connectivity index (χ3n) is 12.3. The number of rotatable bonds is 24. The van der Waals surface area contributed by atoms with Crippen LogP contribution in [0.1, 0.15) is 50.7 Å². The van der Waals surface area contributed by atoms with Crippen molar-refractivity contribution in [2.75, 3.05) is 27.4 Å². The first-order valence-corrected chi connectivity index (χ1v) is 27.4. The van der Waals surface area contributed by atoms with Gasteiger partial charge in [-0.3, -0.25) is 0 Å². The van der Waals surface area contributed by atoms with E-state index in [0.717, 1.165) is 25.3 Å². The largest absolute Gasteiger partial charge is 0.493 e. The van der Waals surface area contributed by atoms with Crippen LogP contribution in [0.25, 0.3) is 44.2 Å². The molecule has 0 amide bonds. The molecule has 2 aromatic heterocycles. The van der Waals surface area contributed by atoms with Crippen LogP contribution in [-0.4, -0.2) is 68.2 Å². The van der Waals surface area contributed by atoms with Gasteiger partial charge in [-0.25, -0.2) is 9.59 Å². The normalized spacial score (nSPS) is 14.5. The van der Waals surface area contributed by atoms with Crippen molar-refractivity contribution in [3.63, 3.8) is 0 Å². The van der Waals surface area contributed by atoms with E-state index < -0.39 is 103 Å². The minimum atomic E-state index is -4.61. The highest BCUT2D eigenvalue weighted by Gasteiger charge is 2.59. The molecular weight excluding hydrogens is 953 g/mol. The molecule has 0 N–H and O–H groups in total. The number of hydrogen-bond donors (Lipinski definition) is 0. The van der Waals surface area contributed by atoms with E-state index in [1.165, 1.54) is 37.4 Å². The van der Waals surface area contributed by atoms with Crippen LogP contribution in [0.4, 0.5) is 35.1 Å². The van der Waals surface area contributed by atoms with Gasteiger partial charge in [-0.1, -0.05) is 62.4 Å². The number of hydrogen-bond acceptors (Lipinski definition) is 9. The molecule has 0 fully saturated rings. The van der Waals surface area contributed by atoms with Gasteiger partial charge in [0.1, 0.15) is 22.7 Å². The Hall–Kier alpha value is -5.35. The molecule has 0 aliphatic carbocycles. The summed E-state index contributed by atoms with van der Waals surface area (Å²) in [6.45, 7) is 4.76. The van der Waals surface area contributed by atoms with Gasteiger partial charge in [-0.15, -0.1) is 0 Å². The summed E-state index contributed by atoms with van der Waals surface area (Å²) in [6, 6.07) is 25.1. The average Bonchev–Trinajstić information content (AvgIpc) is 3.32. The van der Waals surface area contributed by atoms with E-state index in [9.17, 15) is 9.59 Å². The van der Waals surface area contributed by atoms with Gasteiger partial charge in [-0.05, 0) is 96.7 Å². The molecule has 0 radical (unpaired) electrons. The standard InChI is InChI=1S/C50H54F8O9Si2/c1-7-33-13-9-11-15-39(33)41-29-35-17-19-37(31-43(35)65-45(41)59)63-25-21-47(51,52)49(55,56)23-27-68(5,61-3)67-69(6,62-4)28-24-50(57,58)48(53,54)22-26-64-38-20-18-36-30-42(46(60)66-44(36)32-38)40-16-12-10-14-34(40)8-2/h9-20,29-32H,7-8,21-28H2,1-6H3. The molecule has 4 aromatic carbocycles. The Morgan fingerprint density at radius 2 is 0.855 bits per heavy atom. The highest BCUT2D eigenvalue weighted by molar-refractivity contribution is 6.80. The summed E-state index contributed by atoms with van der Waals surface area (Å²) in [5.41, 5.74) is 2.90. The van der Waals surface area contributed by atoms with E-state index in [1.807, 2.05) is 38.1 Å². The predicted molar refractivity (Wildman–Crippen MR) is 252 cm³/mol. The summed E-state index contributed by atoms with van der Waals surface area (Å²) in [5.74, 6) is -18.4. The number of alkyl halides is 8. The molecule has 372 valence electrons. The van der Waals surface area contributed by atoms with Crippen LogP contribution in [0.5, 0.6) is 11.5 Å². The summed E-state index contributed by atoms with van der Waals surface area (Å²) in [6.07, 6.45) is -4.32. The van der Waals surface area contributed by atoms with Gasteiger partial charge >= 0.3 is 52.1 Å². The van der Waals surface area contributed by atoms with E-state index in [2.05, 4.69) is 0 Å². The second kappa shape index (κ2) is 21.3. The minimum absolute atomic E-state index is 0.00139. The summed E-state index contributed by atoms with van der Waals surface area (Å²) in [4.78, 5) is 25.8. The summed E-state index contributed by atoms with van der Waals surface area (Å²) in [5, 5.41) is 1.04. The van der Waals surface area contributed by atoms with Gasteiger partial charge in [0.25, 0.3) is 0 Å². The van der Waals surface area contributed by atoms with Crippen LogP contribution in [-0.2, 0) is 25.8 Å². The Morgan fingerprint density at radius 1 is 0.493 bits per heavy atom. The smallest absolute Gasteiger partial charge is 0.344 e. The summed E-state index contributed by atoms with van der Waals surface area (Å²) >= 11 is 0. The van der Waals surface area contributed by atoms with Crippen molar-refractivity contribution in [3.8, 4) is 33.8 Å². The Morgan fingerprint density at radius 3 is 1.22 bits per heavy atom. The Kier molecular flexibility index (Phi) is 16.4. The molecule has 9 nitrogen and oxygen atoms in total. The average molecular weight is 1010 g/mol. The molecule has 0 spiro atoms. The Labute approximate surface area is 395 Å². The molecule has 0 aliphatic rings. The zero-order valence-electron chi connectivity index (χ0n) is 39.0. The molecular formula is C50H54F8O9Si2. The lowest BCUT2D eigenvalue weighted by atomic mass is 9.98. The Bertz CT molecular complexity index is 2670. The third-order valence-corrected chi connectivity index (χ3v) is 19.8. The lowest BCUT2D eigenvalue weighted by Crippen LogP contribution is -2.53. The SMILES string of the molecule is CCc1ccccc1-c1cc2ccc(OCCC(F)(F)C(F)(F)CC[Si](C)(OC)O[Si](C)(CCC(F)(F)C(F)(F)CCOc3ccc4cc(-c5ccccc5CC)c(=O)oc4c3)OC)cc2oc1=O. The van der Waals surface area contributed by atoms with Gasteiger partial charge in [0.15, 0.2) is 0 Å². The minimum Gasteiger partial charge on any atom is -0.493 e. The molecule has 0 saturated heterocycles. The van der Waals surface area contributed by atoms with Crippen LogP contribution in [0.15, 0.2) is 115 Å². The number of halogens is 8. The second-order valence-electron chi connectivity index (χ2n) is 17.1. The molecule has 6 rings (SSSR count). The van der Waals surface area contributed by atoms with Crippen molar-refractivity contribution in [2.45, 2.75) is 101 Å². The first-order chi connectivity index (χ1) is 32.5. The van der Waals surface area contributed by atoms with Gasteiger partial charge in [0, 0.05) is 50.0 Å². The third kappa shape index (κ3) is 12.3. The lowest BCUT2D eigenvalue weighted by molar-refractivity contribution is -0.215. The highest BCUT2D eigenvalue weighted by atomic mass is 28.5. The number of benzene rings is 4. The van der Waals surface area contributed by atoms with Crippen molar-refractivity contribution in [3.05, 3.63) is 129 Å². The quantitative estimate of drug-likeness (QED) is 0.0333. The van der Waals surface area contributed by atoms with E-state index in [0.29, 0.717) is 45.9 Å². The van der Waals surface area contributed by atoms with Crippen LogP contribution in [0.2, 0.25) is 25.2 Å². The van der Waals surface area contributed by atoms with Gasteiger partial charge in [0.05, 0.1) is 37.2 Å². The first kappa shape index (κ1) is 53.0. The van der Waals surface area contributed by atoms with E-state index in [-0.39, 0.29) is 22.7 Å². The molecule has 69 heavy (non-hydrogen) atoms. The molecule has 2 heterocycles. The van der Waals surface area contributed by atoms with E-state index in [4.69, 9.17) is 31.3 Å². The van der Waals surface area contributed by atoms with Crippen molar-refractivity contribution < 1.29 is 66.4 Å². The van der Waals surface area contributed by atoms with Crippen LogP contribution < -0.4 is 20.7 Å². The number of aryl methyl sites for hydroxylation is 2. The lowest BCUT2D eigenvalue weighted by Gasteiger charge is -2.37. The molecule has 0 bridgehead atoms. The van der Waals surface area contributed by atoms with Gasteiger partial charge in [0.2, 0.25) is 0 Å². The first-order valence-electron chi connectivity index (χ1n) is 22.4. The molecule has 19 heteroatoms. The van der Waals surface area contributed by atoms with E-state index in [1.54, 1.807) is 48.5 Å². The molecule has 2 unspecified atom stereocenters. The van der Waals surface area contributed by atoms with Gasteiger partial charge in [-0.2, -0.15) is 35.1 Å². The zero-order valence-corrected chi connectivity index (χ0v) is 41.0. The Balaban J connectivity index is 1.00. The fourth-order valence-electron chi connectivity index (χ4n) is 7.86. The predicted octanol–water partition coefficient (Wildman–Crippen LogP) is 13.4. The van der Waals surface area contributed by atoms with Crippen LogP contribution in [0.3, 0.4) is 0 Å². The molecule has 6 aromatic rings. The van der Waals surface area contributed by atoms with Crippen molar-refractivity contribution in [2.24, 2.45) is 0 Å². The monoisotopic (exact) mass is 1010 g/mol. The topological polar surface area (TPSA) is 107 Å². The fourth-order valence-corrected chi connectivity index (χ4v) is 14.9. The summed E-state index contributed by atoms with van der Waals surface area (Å²) in [7, 11) is -5.59. The zero-order chi connectivity index (χ0) is 50.4. The second-order valence-corrected chi connectivity index (χ2v) is 24.3. The molecule has 0 saturated carbocycles. The highest BCUT2D eigenvalue weighted by Crippen LogP contribution is 2.44. The van der Waals surface area contributed by atoms with Crippen LogP contribution in [0, 0.1) is 0 Å². The fraction of sp³-hybridized carbons (Fsp3) is 0.400. The van der Waals surface area contributed by atoms with Crippen molar-refractivity contribution in [1.82, 2.24) is 0 Å². The maximum Gasteiger partial charge on any atom is 0.344 e. The number of fused-ring (bicyclic) bond motifs is 2. The van der Waals surface area contributed by atoms with Crippen molar-refractivity contribution in [1.29, 1.82) is 0 Å². The van der Waals surface area contributed by atoms with E-state index >= 15 is 35.1 Å². The number of ether oxygens (including phenoxy) is 2.